The average molecular weight is 292 g/mol. The summed E-state index contributed by atoms with van der Waals surface area (Å²) in [5.41, 5.74) is 1.39. The summed E-state index contributed by atoms with van der Waals surface area (Å²) in [6.45, 7) is 0.474. The van der Waals surface area contributed by atoms with Gasteiger partial charge in [-0.05, 0) is 23.8 Å². The highest BCUT2D eigenvalue weighted by atomic mass is 16.5. The summed E-state index contributed by atoms with van der Waals surface area (Å²) in [5.74, 6) is 1.29. The van der Waals surface area contributed by atoms with Crippen LogP contribution in [0.4, 0.5) is 0 Å². The fraction of sp³-hybridized carbons (Fsp3) is 0.111. The standard InChI is InChI=1S/C18H16N2O2/c21-18-16(13-14-7-3-1-4-8-14)19-17(20-18)11-12-22-15-9-5-2-6-10-15/h1-10,13H,11-12H2,(H,19,20,21)/b16-13+. The zero-order chi connectivity index (χ0) is 15.2. The molecule has 3 rings (SSSR count). The molecule has 1 amide bonds. The molecule has 22 heavy (non-hydrogen) atoms. The van der Waals surface area contributed by atoms with Crippen molar-refractivity contribution in [2.24, 2.45) is 4.99 Å². The highest BCUT2D eigenvalue weighted by molar-refractivity contribution is 6.14. The van der Waals surface area contributed by atoms with Crippen LogP contribution in [-0.2, 0) is 4.79 Å². The quantitative estimate of drug-likeness (QED) is 0.861. The van der Waals surface area contributed by atoms with Gasteiger partial charge in [-0.2, -0.15) is 0 Å². The summed E-state index contributed by atoms with van der Waals surface area (Å²) in [5, 5.41) is 2.77. The second-order valence-corrected chi connectivity index (χ2v) is 4.86. The summed E-state index contributed by atoms with van der Waals surface area (Å²) in [6, 6.07) is 19.2. The molecule has 0 radical (unpaired) electrons. The van der Waals surface area contributed by atoms with Gasteiger partial charge >= 0.3 is 0 Å². The summed E-state index contributed by atoms with van der Waals surface area (Å²) in [7, 11) is 0. The first-order valence-corrected chi connectivity index (χ1v) is 7.15. The van der Waals surface area contributed by atoms with Crippen LogP contribution in [0.25, 0.3) is 6.08 Å². The molecule has 0 atom stereocenters. The lowest BCUT2D eigenvalue weighted by Crippen LogP contribution is -2.25. The number of para-hydroxylation sites is 1. The lowest BCUT2D eigenvalue weighted by Gasteiger charge is -2.05. The number of aliphatic imine (C=N–C) groups is 1. The molecule has 0 aliphatic carbocycles. The number of ether oxygens (including phenoxy) is 1. The zero-order valence-corrected chi connectivity index (χ0v) is 12.0. The van der Waals surface area contributed by atoms with Crippen LogP contribution in [-0.4, -0.2) is 18.3 Å². The van der Waals surface area contributed by atoms with Crippen LogP contribution >= 0.6 is 0 Å². The normalized spacial score (nSPS) is 15.5. The molecule has 0 aromatic heterocycles. The fourth-order valence-corrected chi connectivity index (χ4v) is 2.12. The van der Waals surface area contributed by atoms with Crippen molar-refractivity contribution in [3.05, 3.63) is 71.9 Å². The van der Waals surface area contributed by atoms with E-state index in [1.54, 1.807) is 6.08 Å². The monoisotopic (exact) mass is 292 g/mol. The Morgan fingerprint density at radius 1 is 1.00 bits per heavy atom. The van der Waals surface area contributed by atoms with Crippen molar-refractivity contribution in [2.75, 3.05) is 6.61 Å². The van der Waals surface area contributed by atoms with Crippen LogP contribution in [0.1, 0.15) is 12.0 Å². The molecule has 0 saturated carbocycles. The first-order chi connectivity index (χ1) is 10.8. The van der Waals surface area contributed by atoms with E-state index in [9.17, 15) is 4.79 Å². The molecule has 2 aromatic rings. The number of hydrogen-bond donors (Lipinski definition) is 1. The minimum Gasteiger partial charge on any atom is -0.493 e. The Labute approximate surface area is 129 Å². The van der Waals surface area contributed by atoms with Gasteiger partial charge in [0.1, 0.15) is 17.3 Å². The Morgan fingerprint density at radius 3 is 2.41 bits per heavy atom. The molecule has 0 bridgehead atoms. The summed E-state index contributed by atoms with van der Waals surface area (Å²) in [4.78, 5) is 16.2. The van der Waals surface area contributed by atoms with Crippen LogP contribution in [0.3, 0.4) is 0 Å². The van der Waals surface area contributed by atoms with Gasteiger partial charge in [-0.1, -0.05) is 48.5 Å². The van der Waals surface area contributed by atoms with Crippen LogP contribution in [0.15, 0.2) is 71.4 Å². The number of amides is 1. The summed E-state index contributed by atoms with van der Waals surface area (Å²) >= 11 is 0. The number of carbonyl (C=O) groups is 1. The van der Waals surface area contributed by atoms with E-state index in [1.165, 1.54) is 0 Å². The van der Waals surface area contributed by atoms with Crippen molar-refractivity contribution in [3.63, 3.8) is 0 Å². The van der Waals surface area contributed by atoms with Crippen LogP contribution in [0.2, 0.25) is 0 Å². The minimum atomic E-state index is -0.168. The molecule has 0 unspecified atom stereocenters. The van der Waals surface area contributed by atoms with E-state index >= 15 is 0 Å². The molecular weight excluding hydrogens is 276 g/mol. The Morgan fingerprint density at radius 2 is 1.68 bits per heavy atom. The molecule has 1 aliphatic heterocycles. The van der Waals surface area contributed by atoms with Gasteiger partial charge in [0.15, 0.2) is 0 Å². The Kier molecular flexibility index (Phi) is 4.30. The smallest absolute Gasteiger partial charge is 0.275 e. The van der Waals surface area contributed by atoms with E-state index in [0.717, 1.165) is 11.3 Å². The minimum absolute atomic E-state index is 0.168. The molecule has 1 heterocycles. The highest BCUT2D eigenvalue weighted by Crippen LogP contribution is 2.13. The fourth-order valence-electron chi connectivity index (χ4n) is 2.12. The van der Waals surface area contributed by atoms with Gasteiger partial charge in [0, 0.05) is 6.42 Å². The van der Waals surface area contributed by atoms with Gasteiger partial charge in [-0.15, -0.1) is 0 Å². The SMILES string of the molecule is O=C1NC(CCOc2ccccc2)=N/C1=C/c1ccccc1. The lowest BCUT2D eigenvalue weighted by atomic mass is 10.2. The van der Waals surface area contributed by atoms with E-state index < -0.39 is 0 Å². The molecular formula is C18H16N2O2. The number of benzene rings is 2. The summed E-state index contributed by atoms with van der Waals surface area (Å²) < 4.78 is 5.61. The van der Waals surface area contributed by atoms with E-state index in [-0.39, 0.29) is 5.91 Å². The third-order valence-corrected chi connectivity index (χ3v) is 3.20. The van der Waals surface area contributed by atoms with Crippen molar-refractivity contribution in [1.29, 1.82) is 0 Å². The molecule has 1 N–H and O–H groups in total. The largest absolute Gasteiger partial charge is 0.493 e. The molecule has 4 heteroatoms. The molecule has 110 valence electrons. The number of nitrogens with zero attached hydrogens (tertiary/aromatic N) is 1. The number of hydrogen-bond acceptors (Lipinski definition) is 3. The van der Waals surface area contributed by atoms with Gasteiger partial charge in [-0.3, -0.25) is 4.79 Å². The number of carbonyl (C=O) groups excluding carboxylic acids is 1. The van der Waals surface area contributed by atoms with Crippen molar-refractivity contribution < 1.29 is 9.53 Å². The lowest BCUT2D eigenvalue weighted by molar-refractivity contribution is -0.115. The van der Waals surface area contributed by atoms with Crippen molar-refractivity contribution >= 4 is 17.8 Å². The Bertz CT molecular complexity index is 706. The maximum absolute atomic E-state index is 11.9. The van der Waals surface area contributed by atoms with Crippen LogP contribution in [0.5, 0.6) is 5.75 Å². The average Bonchev–Trinajstić information content (AvgIpc) is 2.89. The second-order valence-electron chi connectivity index (χ2n) is 4.86. The van der Waals surface area contributed by atoms with Crippen molar-refractivity contribution in [2.45, 2.75) is 6.42 Å². The van der Waals surface area contributed by atoms with Gasteiger partial charge in [0.2, 0.25) is 0 Å². The molecule has 1 aliphatic rings. The maximum Gasteiger partial charge on any atom is 0.275 e. The molecule has 0 spiro atoms. The first kappa shape index (κ1) is 14.1. The van der Waals surface area contributed by atoms with Crippen molar-refractivity contribution in [3.8, 4) is 5.75 Å². The predicted octanol–water partition coefficient (Wildman–Crippen LogP) is 3.02. The molecule has 0 saturated heterocycles. The molecule has 0 fully saturated rings. The molecule has 4 nitrogen and oxygen atoms in total. The Hall–Kier alpha value is -2.88. The van der Waals surface area contributed by atoms with Gasteiger partial charge in [0.25, 0.3) is 5.91 Å². The number of rotatable bonds is 5. The van der Waals surface area contributed by atoms with Gasteiger partial charge in [0.05, 0.1) is 6.61 Å². The maximum atomic E-state index is 11.9. The molecule has 2 aromatic carbocycles. The van der Waals surface area contributed by atoms with E-state index in [1.807, 2.05) is 60.7 Å². The number of amidine groups is 1. The summed E-state index contributed by atoms with van der Waals surface area (Å²) in [6.07, 6.45) is 2.34. The van der Waals surface area contributed by atoms with Crippen LogP contribution < -0.4 is 10.1 Å². The van der Waals surface area contributed by atoms with Crippen LogP contribution in [0, 0.1) is 0 Å². The third kappa shape index (κ3) is 3.61. The van der Waals surface area contributed by atoms with E-state index in [2.05, 4.69) is 10.3 Å². The van der Waals surface area contributed by atoms with E-state index in [4.69, 9.17) is 4.74 Å². The third-order valence-electron chi connectivity index (χ3n) is 3.20. The van der Waals surface area contributed by atoms with Crippen molar-refractivity contribution in [1.82, 2.24) is 5.32 Å². The van der Waals surface area contributed by atoms with Gasteiger partial charge < -0.3 is 10.1 Å². The Balaban J connectivity index is 1.60. The van der Waals surface area contributed by atoms with Gasteiger partial charge in [-0.25, -0.2) is 4.99 Å². The first-order valence-electron chi connectivity index (χ1n) is 7.15. The second kappa shape index (κ2) is 6.72. The topological polar surface area (TPSA) is 50.7 Å². The highest BCUT2D eigenvalue weighted by Gasteiger charge is 2.19. The zero-order valence-electron chi connectivity index (χ0n) is 12.0. The van der Waals surface area contributed by atoms with E-state index in [0.29, 0.717) is 24.6 Å². The predicted molar refractivity (Wildman–Crippen MR) is 86.6 cm³/mol. The number of nitrogens with one attached hydrogen (secondary N) is 1.